The molecule has 0 aliphatic rings. The molecule has 0 saturated heterocycles. The summed E-state index contributed by atoms with van der Waals surface area (Å²) in [6.07, 6.45) is 2.10. The molecule has 60 valence electrons. The lowest BCUT2D eigenvalue weighted by molar-refractivity contribution is -0.134. The molecular formula is C6H12O4. The highest BCUT2D eigenvalue weighted by Crippen LogP contribution is 1.69. The molecule has 0 radical (unpaired) electrons. The minimum atomic E-state index is -0.833. The summed E-state index contributed by atoms with van der Waals surface area (Å²) in [5.74, 6) is -0.833. The smallest absolute Gasteiger partial charge is 0.300 e. The van der Waals surface area contributed by atoms with Gasteiger partial charge in [0.25, 0.3) is 5.97 Å². The molecule has 0 unspecified atom stereocenters. The molecule has 0 aliphatic heterocycles. The van der Waals surface area contributed by atoms with Crippen LogP contribution in [0.15, 0.2) is 12.5 Å². The maximum Gasteiger partial charge on any atom is 0.300 e. The maximum atomic E-state index is 9.00. The Labute approximate surface area is 59.7 Å². The summed E-state index contributed by atoms with van der Waals surface area (Å²) in [5.41, 5.74) is 0. The fraction of sp³-hybridized carbons (Fsp3) is 0.500. The van der Waals surface area contributed by atoms with Gasteiger partial charge in [-0.2, -0.15) is 0 Å². The Hall–Kier alpha value is -1.19. The molecule has 0 saturated carbocycles. The monoisotopic (exact) mass is 148 g/mol. The van der Waals surface area contributed by atoms with Gasteiger partial charge in [0.15, 0.2) is 0 Å². The van der Waals surface area contributed by atoms with Gasteiger partial charge in [-0.1, -0.05) is 0 Å². The van der Waals surface area contributed by atoms with Crippen molar-refractivity contribution >= 4 is 5.97 Å². The Morgan fingerprint density at radius 3 is 2.20 bits per heavy atom. The Bertz CT molecular complexity index is 93.9. The van der Waals surface area contributed by atoms with Crippen molar-refractivity contribution in [2.45, 2.75) is 13.8 Å². The van der Waals surface area contributed by atoms with Gasteiger partial charge in [0.2, 0.25) is 0 Å². The molecule has 4 heteroatoms. The summed E-state index contributed by atoms with van der Waals surface area (Å²) in [5, 5.41) is 15.3. The van der Waals surface area contributed by atoms with E-state index < -0.39 is 5.97 Å². The molecule has 0 bridgehead atoms. The minimum Gasteiger partial charge on any atom is -0.512 e. The van der Waals surface area contributed by atoms with Crippen LogP contribution in [0, 0.1) is 0 Å². The van der Waals surface area contributed by atoms with Crippen LogP contribution >= 0.6 is 0 Å². The van der Waals surface area contributed by atoms with Crippen molar-refractivity contribution in [2.24, 2.45) is 0 Å². The van der Waals surface area contributed by atoms with Crippen LogP contribution in [0.1, 0.15) is 13.8 Å². The number of aliphatic hydroxyl groups is 1. The molecule has 0 atom stereocenters. The molecule has 0 amide bonds. The molecule has 4 nitrogen and oxygen atoms in total. The Morgan fingerprint density at radius 1 is 1.70 bits per heavy atom. The maximum absolute atomic E-state index is 9.00. The van der Waals surface area contributed by atoms with E-state index in [1.54, 1.807) is 0 Å². The van der Waals surface area contributed by atoms with Crippen LogP contribution in [0.4, 0.5) is 0 Å². The molecule has 2 N–H and O–H groups in total. The molecule has 0 rings (SSSR count). The molecule has 0 aromatic heterocycles. The van der Waals surface area contributed by atoms with Crippen molar-refractivity contribution in [3.05, 3.63) is 12.5 Å². The normalized spacial score (nSPS) is 8.20. The Balaban J connectivity index is 0. The van der Waals surface area contributed by atoms with E-state index in [9.17, 15) is 0 Å². The fourth-order valence-corrected chi connectivity index (χ4v) is 0.139. The van der Waals surface area contributed by atoms with Crippen molar-refractivity contribution in [3.63, 3.8) is 0 Å². The largest absolute Gasteiger partial charge is 0.512 e. The van der Waals surface area contributed by atoms with Crippen LogP contribution < -0.4 is 0 Å². The topological polar surface area (TPSA) is 66.8 Å². The third-order valence-corrected chi connectivity index (χ3v) is 0.324. The number of aliphatic carboxylic acids is 1. The van der Waals surface area contributed by atoms with Crippen LogP contribution in [-0.2, 0) is 9.53 Å². The zero-order valence-corrected chi connectivity index (χ0v) is 6.07. The second-order valence-electron chi connectivity index (χ2n) is 1.26. The standard InChI is InChI=1S/C4H8O2.C2H4O2/c1-2-6-4-3-5;1-2(3)4/h3-5H,2H2,1H3;1H3,(H,3,4). The molecule has 0 heterocycles. The van der Waals surface area contributed by atoms with Gasteiger partial charge in [-0.25, -0.2) is 0 Å². The molecule has 0 aromatic rings. The average Bonchev–Trinajstić information content (AvgIpc) is 1.82. The van der Waals surface area contributed by atoms with Crippen LogP contribution in [0.25, 0.3) is 0 Å². The second kappa shape index (κ2) is 10.7. The molecule has 0 aromatic carbocycles. The highest BCUT2D eigenvalue weighted by Gasteiger charge is 1.65. The minimum absolute atomic E-state index is 0.608. The zero-order valence-electron chi connectivity index (χ0n) is 6.07. The number of rotatable bonds is 2. The SMILES string of the molecule is CC(=O)O.CCOC=CO. The van der Waals surface area contributed by atoms with Crippen molar-refractivity contribution in [3.8, 4) is 0 Å². The number of aliphatic hydroxyl groups excluding tert-OH is 1. The van der Waals surface area contributed by atoms with Gasteiger partial charge < -0.3 is 14.9 Å². The van der Waals surface area contributed by atoms with E-state index in [2.05, 4.69) is 4.74 Å². The number of hydrogen-bond donors (Lipinski definition) is 2. The first-order valence-electron chi connectivity index (χ1n) is 2.75. The first kappa shape index (κ1) is 11.6. The van der Waals surface area contributed by atoms with Gasteiger partial charge in [0.1, 0.15) is 12.5 Å². The van der Waals surface area contributed by atoms with E-state index in [1.807, 2.05) is 6.92 Å². The van der Waals surface area contributed by atoms with Crippen LogP contribution in [0.3, 0.4) is 0 Å². The van der Waals surface area contributed by atoms with Gasteiger partial charge in [0.05, 0.1) is 6.61 Å². The lowest BCUT2D eigenvalue weighted by Gasteiger charge is -1.85. The predicted octanol–water partition coefficient (Wildman–Crippen LogP) is 1.14. The van der Waals surface area contributed by atoms with E-state index in [1.165, 1.54) is 6.26 Å². The molecular weight excluding hydrogens is 136 g/mol. The zero-order chi connectivity index (χ0) is 8.41. The summed E-state index contributed by atoms with van der Waals surface area (Å²) in [7, 11) is 0. The summed E-state index contributed by atoms with van der Waals surface area (Å²) >= 11 is 0. The molecule has 0 fully saturated rings. The van der Waals surface area contributed by atoms with E-state index >= 15 is 0 Å². The second-order valence-corrected chi connectivity index (χ2v) is 1.26. The van der Waals surface area contributed by atoms with Crippen molar-refractivity contribution < 1.29 is 19.7 Å². The molecule has 0 aliphatic carbocycles. The van der Waals surface area contributed by atoms with Crippen molar-refractivity contribution in [1.29, 1.82) is 0 Å². The lowest BCUT2D eigenvalue weighted by Crippen LogP contribution is -1.78. The molecule has 10 heavy (non-hydrogen) atoms. The Kier molecular flexibility index (Phi) is 12.4. The van der Waals surface area contributed by atoms with Crippen LogP contribution in [0.2, 0.25) is 0 Å². The van der Waals surface area contributed by atoms with E-state index in [0.29, 0.717) is 6.61 Å². The highest BCUT2D eigenvalue weighted by molar-refractivity contribution is 5.62. The first-order valence-corrected chi connectivity index (χ1v) is 2.75. The summed E-state index contributed by atoms with van der Waals surface area (Å²) in [4.78, 5) is 9.00. The van der Waals surface area contributed by atoms with E-state index in [0.717, 1.165) is 13.2 Å². The Morgan fingerprint density at radius 2 is 2.10 bits per heavy atom. The van der Waals surface area contributed by atoms with Crippen LogP contribution in [0.5, 0.6) is 0 Å². The average molecular weight is 148 g/mol. The molecule has 0 spiro atoms. The number of carboxylic acids is 1. The number of ether oxygens (including phenoxy) is 1. The summed E-state index contributed by atoms with van der Waals surface area (Å²) < 4.78 is 4.55. The lowest BCUT2D eigenvalue weighted by atomic mass is 10.9. The van der Waals surface area contributed by atoms with Gasteiger partial charge in [0, 0.05) is 6.92 Å². The quantitative estimate of drug-likeness (QED) is 0.576. The number of hydrogen-bond acceptors (Lipinski definition) is 3. The van der Waals surface area contributed by atoms with Crippen molar-refractivity contribution in [2.75, 3.05) is 6.61 Å². The van der Waals surface area contributed by atoms with Gasteiger partial charge in [-0.15, -0.1) is 0 Å². The number of carbonyl (C=O) groups is 1. The van der Waals surface area contributed by atoms with Gasteiger partial charge in [-0.3, -0.25) is 4.79 Å². The van der Waals surface area contributed by atoms with E-state index in [4.69, 9.17) is 15.0 Å². The summed E-state index contributed by atoms with van der Waals surface area (Å²) in [6.45, 7) is 3.54. The number of carboxylic acid groups (broad SMARTS) is 1. The first-order chi connectivity index (χ1) is 4.65. The third kappa shape index (κ3) is 70.2. The summed E-state index contributed by atoms with van der Waals surface area (Å²) in [6, 6.07) is 0. The van der Waals surface area contributed by atoms with Gasteiger partial charge >= 0.3 is 0 Å². The third-order valence-electron chi connectivity index (χ3n) is 0.324. The van der Waals surface area contributed by atoms with Crippen LogP contribution in [-0.4, -0.2) is 22.8 Å². The predicted molar refractivity (Wildman–Crippen MR) is 36.7 cm³/mol. The highest BCUT2D eigenvalue weighted by atomic mass is 16.5. The van der Waals surface area contributed by atoms with Crippen molar-refractivity contribution in [1.82, 2.24) is 0 Å². The fourth-order valence-electron chi connectivity index (χ4n) is 0.139. The van der Waals surface area contributed by atoms with Gasteiger partial charge in [-0.05, 0) is 6.92 Å². The van der Waals surface area contributed by atoms with E-state index in [-0.39, 0.29) is 0 Å².